The molecule has 0 aliphatic heterocycles. The highest BCUT2D eigenvalue weighted by Crippen LogP contribution is 2.14. The van der Waals surface area contributed by atoms with Gasteiger partial charge in [0.1, 0.15) is 0 Å². The van der Waals surface area contributed by atoms with Gasteiger partial charge in [-0.2, -0.15) is 0 Å². The van der Waals surface area contributed by atoms with Gasteiger partial charge in [-0.1, -0.05) is 96.8 Å². The van der Waals surface area contributed by atoms with Crippen LogP contribution in [-0.4, -0.2) is 27.6 Å². The van der Waals surface area contributed by atoms with Crippen molar-refractivity contribution in [3.63, 3.8) is 0 Å². The summed E-state index contributed by atoms with van der Waals surface area (Å²) in [6.07, 6.45) is 19.5. The number of carbonyl (C=O) groups is 1. The molecule has 0 saturated heterocycles. The molecule has 0 aliphatic carbocycles. The lowest BCUT2D eigenvalue weighted by Gasteiger charge is -2.08. The third kappa shape index (κ3) is 11.9. The number of methoxy groups -OCH3 is 1. The van der Waals surface area contributed by atoms with Gasteiger partial charge in [0.05, 0.1) is 7.11 Å². The van der Waals surface area contributed by atoms with E-state index in [0.29, 0.717) is 6.42 Å². The minimum atomic E-state index is -0.573. The molecule has 1 heterocycles. The zero-order valence-corrected chi connectivity index (χ0v) is 19.3. The predicted octanol–water partition coefficient (Wildman–Crippen LogP) is 5.35. The van der Waals surface area contributed by atoms with Gasteiger partial charge in [-0.15, -0.1) is 9.97 Å². The second-order valence-corrected chi connectivity index (χ2v) is 8.01. The van der Waals surface area contributed by atoms with Crippen molar-refractivity contribution in [1.29, 1.82) is 0 Å². The Kier molecular flexibility index (Phi) is 14.7. The van der Waals surface area contributed by atoms with Gasteiger partial charge in [-0.3, -0.25) is 4.79 Å². The number of ether oxygens (including phenoxy) is 2. The van der Waals surface area contributed by atoms with Gasteiger partial charge in [0.25, 0.3) is 0 Å². The van der Waals surface area contributed by atoms with Crippen molar-refractivity contribution < 1.29 is 14.3 Å². The Balaban J connectivity index is 1.98. The van der Waals surface area contributed by atoms with Crippen molar-refractivity contribution in [1.82, 2.24) is 14.5 Å². The van der Waals surface area contributed by atoms with E-state index in [2.05, 4.69) is 16.9 Å². The summed E-state index contributed by atoms with van der Waals surface area (Å²) >= 11 is 0. The van der Waals surface area contributed by atoms with E-state index in [0.717, 1.165) is 23.8 Å². The molecule has 0 aliphatic rings. The van der Waals surface area contributed by atoms with Crippen LogP contribution in [0.3, 0.4) is 0 Å². The SMILES string of the molecule is CCCCCCCCCCCCCCCCCC(=O)Oc1nc(OC)nc(=O)n1C. The molecule has 0 spiro atoms. The maximum Gasteiger partial charge on any atom is 0.356 e. The molecular formula is C23H41N3O4. The molecule has 1 aromatic rings. The van der Waals surface area contributed by atoms with Crippen LogP contribution in [0, 0.1) is 0 Å². The summed E-state index contributed by atoms with van der Waals surface area (Å²) in [6, 6.07) is -0.189. The van der Waals surface area contributed by atoms with Crippen molar-refractivity contribution in [2.24, 2.45) is 7.05 Å². The van der Waals surface area contributed by atoms with E-state index < -0.39 is 5.69 Å². The minimum Gasteiger partial charge on any atom is -0.467 e. The van der Waals surface area contributed by atoms with Crippen LogP contribution in [0.25, 0.3) is 0 Å². The summed E-state index contributed by atoms with van der Waals surface area (Å²) in [5, 5.41) is 0. The molecule has 0 fully saturated rings. The van der Waals surface area contributed by atoms with Gasteiger partial charge in [-0.05, 0) is 6.42 Å². The number of rotatable bonds is 18. The normalized spacial score (nSPS) is 10.9. The molecule has 0 amide bonds. The summed E-state index contributed by atoms with van der Waals surface area (Å²) in [7, 11) is 2.81. The Morgan fingerprint density at radius 2 is 1.27 bits per heavy atom. The number of unbranched alkanes of at least 4 members (excludes halogenated alkanes) is 14. The van der Waals surface area contributed by atoms with Crippen molar-refractivity contribution in [3.05, 3.63) is 10.5 Å². The molecule has 0 unspecified atom stereocenters. The first kappa shape index (κ1) is 26.1. The van der Waals surface area contributed by atoms with Crippen LogP contribution < -0.4 is 15.2 Å². The third-order valence-electron chi connectivity index (χ3n) is 5.33. The molecule has 7 heteroatoms. The van der Waals surface area contributed by atoms with Gasteiger partial charge in [0.15, 0.2) is 0 Å². The minimum absolute atomic E-state index is 0.0854. The molecule has 1 aromatic heterocycles. The fraction of sp³-hybridized carbons (Fsp3) is 0.826. The van der Waals surface area contributed by atoms with E-state index in [-0.39, 0.29) is 18.0 Å². The van der Waals surface area contributed by atoms with Crippen molar-refractivity contribution >= 4 is 5.97 Å². The largest absolute Gasteiger partial charge is 0.467 e. The maximum absolute atomic E-state index is 12.0. The van der Waals surface area contributed by atoms with Gasteiger partial charge in [0.2, 0.25) is 0 Å². The average molecular weight is 424 g/mol. The molecule has 0 aromatic carbocycles. The lowest BCUT2D eigenvalue weighted by atomic mass is 10.0. The van der Waals surface area contributed by atoms with Gasteiger partial charge in [-0.25, -0.2) is 9.36 Å². The summed E-state index contributed by atoms with van der Waals surface area (Å²) in [5.74, 6) is -0.388. The molecule has 0 radical (unpaired) electrons. The van der Waals surface area contributed by atoms with E-state index in [1.807, 2.05) is 0 Å². The molecule has 0 N–H and O–H groups in total. The van der Waals surface area contributed by atoms with E-state index in [1.54, 1.807) is 0 Å². The second kappa shape index (κ2) is 16.8. The zero-order valence-electron chi connectivity index (χ0n) is 19.3. The Morgan fingerprint density at radius 3 is 1.73 bits per heavy atom. The molecule has 1 rings (SSSR count). The van der Waals surface area contributed by atoms with E-state index >= 15 is 0 Å². The fourth-order valence-corrected chi connectivity index (χ4v) is 3.40. The number of esters is 1. The Labute approximate surface area is 181 Å². The predicted molar refractivity (Wildman–Crippen MR) is 119 cm³/mol. The van der Waals surface area contributed by atoms with Crippen molar-refractivity contribution in [2.45, 2.75) is 110 Å². The van der Waals surface area contributed by atoms with Crippen LogP contribution in [0.4, 0.5) is 0 Å². The lowest BCUT2D eigenvalue weighted by molar-refractivity contribution is -0.135. The van der Waals surface area contributed by atoms with Crippen molar-refractivity contribution in [2.75, 3.05) is 7.11 Å². The van der Waals surface area contributed by atoms with Crippen LogP contribution in [0.1, 0.15) is 110 Å². The summed E-state index contributed by atoms with van der Waals surface area (Å²) in [5.41, 5.74) is -0.573. The fourth-order valence-electron chi connectivity index (χ4n) is 3.40. The number of carbonyl (C=O) groups excluding carboxylic acids is 1. The Hall–Kier alpha value is -1.92. The third-order valence-corrected chi connectivity index (χ3v) is 5.33. The lowest BCUT2D eigenvalue weighted by Crippen LogP contribution is -2.25. The highest BCUT2D eigenvalue weighted by atomic mass is 16.6. The standard InChI is InChI=1S/C23H41N3O4/c1-4-5-6-7-8-9-10-11-12-13-14-15-16-17-18-19-20(27)30-23-25-21(29-3)24-22(28)26(23)2/h4-19H2,1-3H3. The number of hydrogen-bond donors (Lipinski definition) is 0. The molecule has 0 saturated carbocycles. The van der Waals surface area contributed by atoms with E-state index in [9.17, 15) is 9.59 Å². The van der Waals surface area contributed by atoms with Crippen LogP contribution in [0.5, 0.6) is 12.0 Å². The molecule has 7 nitrogen and oxygen atoms in total. The summed E-state index contributed by atoms with van der Waals surface area (Å²) in [6.45, 7) is 2.26. The van der Waals surface area contributed by atoms with Crippen LogP contribution >= 0.6 is 0 Å². The van der Waals surface area contributed by atoms with Crippen LogP contribution in [0.2, 0.25) is 0 Å². The van der Waals surface area contributed by atoms with Gasteiger partial charge >= 0.3 is 23.7 Å². The van der Waals surface area contributed by atoms with Gasteiger partial charge in [0, 0.05) is 13.5 Å². The highest BCUT2D eigenvalue weighted by molar-refractivity contribution is 5.71. The molecule has 0 atom stereocenters. The first-order valence-electron chi connectivity index (χ1n) is 11.8. The number of aromatic nitrogens is 3. The zero-order chi connectivity index (χ0) is 22.0. The molecular weight excluding hydrogens is 382 g/mol. The van der Waals surface area contributed by atoms with E-state index in [4.69, 9.17) is 9.47 Å². The van der Waals surface area contributed by atoms with E-state index in [1.165, 1.54) is 91.2 Å². The Morgan fingerprint density at radius 1 is 0.800 bits per heavy atom. The average Bonchev–Trinajstić information content (AvgIpc) is 2.74. The first-order chi connectivity index (χ1) is 14.6. The summed E-state index contributed by atoms with van der Waals surface area (Å²) < 4.78 is 11.1. The molecule has 0 bridgehead atoms. The smallest absolute Gasteiger partial charge is 0.356 e. The van der Waals surface area contributed by atoms with Crippen molar-refractivity contribution in [3.8, 4) is 12.0 Å². The van der Waals surface area contributed by atoms with Crippen LogP contribution in [-0.2, 0) is 11.8 Å². The first-order valence-corrected chi connectivity index (χ1v) is 11.8. The topological polar surface area (TPSA) is 83.3 Å². The molecule has 172 valence electrons. The highest BCUT2D eigenvalue weighted by Gasteiger charge is 2.13. The van der Waals surface area contributed by atoms with Crippen LogP contribution in [0.15, 0.2) is 4.79 Å². The quantitative estimate of drug-likeness (QED) is 0.234. The number of hydrogen-bond acceptors (Lipinski definition) is 6. The molecule has 30 heavy (non-hydrogen) atoms. The van der Waals surface area contributed by atoms with Gasteiger partial charge < -0.3 is 9.47 Å². The second-order valence-electron chi connectivity index (χ2n) is 8.01. The maximum atomic E-state index is 12.0. The number of nitrogens with zero attached hydrogens (tertiary/aromatic N) is 3. The summed E-state index contributed by atoms with van der Waals surface area (Å²) in [4.78, 5) is 31.1. The Bertz CT molecular complexity index is 646. The monoisotopic (exact) mass is 423 g/mol.